The molecule has 20 heavy (non-hydrogen) atoms. The lowest BCUT2D eigenvalue weighted by molar-refractivity contribution is 0.466. The molecule has 0 aromatic carbocycles. The molecule has 0 saturated heterocycles. The van der Waals surface area contributed by atoms with E-state index < -0.39 is 0 Å². The van der Waals surface area contributed by atoms with Gasteiger partial charge in [0.05, 0.1) is 7.85 Å². The van der Waals surface area contributed by atoms with Crippen LogP contribution in [0.1, 0.15) is 66.2 Å². The fourth-order valence-electron chi connectivity index (χ4n) is 3.80. The second-order valence-electron chi connectivity index (χ2n) is 7.23. The van der Waals surface area contributed by atoms with Gasteiger partial charge in [-0.1, -0.05) is 75.1 Å². The minimum absolute atomic E-state index is 0.00648. The van der Waals surface area contributed by atoms with Crippen LogP contribution in [0.2, 0.25) is 0 Å². The summed E-state index contributed by atoms with van der Waals surface area (Å²) >= 11 is 4.69. The summed E-state index contributed by atoms with van der Waals surface area (Å²) < 4.78 is 0.00648. The Hall–Kier alpha value is 0.885. The average molecular weight is 402 g/mol. The maximum atomic E-state index is 6.57. The summed E-state index contributed by atoms with van der Waals surface area (Å²) in [5, 5.41) is 0.727. The van der Waals surface area contributed by atoms with Crippen LogP contribution in [0.3, 0.4) is 0 Å². The predicted molar refractivity (Wildman–Crippen MR) is 102 cm³/mol. The van der Waals surface area contributed by atoms with Crippen LogP contribution >= 0.6 is 34.4 Å². The van der Waals surface area contributed by atoms with E-state index in [0.29, 0.717) is 11.8 Å². The number of fused-ring (bicyclic) bond motifs is 1. The van der Waals surface area contributed by atoms with Crippen molar-refractivity contribution in [2.24, 2.45) is 17.8 Å². The predicted octanol–water partition coefficient (Wildman–Crippen LogP) is 5.94. The molecule has 2 rings (SSSR count). The monoisotopic (exact) mass is 402 g/mol. The fraction of sp³-hybridized carbons (Fsp3) is 0.882. The van der Waals surface area contributed by atoms with E-state index in [9.17, 15) is 0 Å². The summed E-state index contributed by atoms with van der Waals surface area (Å²) in [5.41, 5.74) is 1.77. The van der Waals surface area contributed by atoms with Crippen LogP contribution in [0.5, 0.6) is 0 Å². The molecule has 3 heteroatoms. The van der Waals surface area contributed by atoms with E-state index in [1.54, 1.807) is 10.5 Å². The largest absolute Gasteiger partial charge is 0.126 e. The molecule has 112 valence electrons. The Kier molecular flexibility index (Phi) is 6.01. The Balaban J connectivity index is 2.28. The van der Waals surface area contributed by atoms with Crippen molar-refractivity contribution in [3.05, 3.63) is 10.5 Å². The molecule has 0 aromatic rings. The first kappa shape index (κ1) is 17.2. The van der Waals surface area contributed by atoms with Gasteiger partial charge >= 0.3 is 0 Å². The van der Waals surface area contributed by atoms with E-state index in [4.69, 9.17) is 7.85 Å². The third-order valence-corrected chi connectivity index (χ3v) is 7.44. The van der Waals surface area contributed by atoms with Crippen molar-refractivity contribution in [1.82, 2.24) is 0 Å². The lowest BCUT2D eigenvalue weighted by Crippen LogP contribution is -2.29. The van der Waals surface area contributed by atoms with Crippen molar-refractivity contribution in [3.63, 3.8) is 0 Å². The summed E-state index contributed by atoms with van der Waals surface area (Å²) in [5.74, 6) is 2.15. The summed E-state index contributed by atoms with van der Waals surface area (Å²) in [4.78, 5) is 1.68. The third-order valence-electron chi connectivity index (χ3n) is 4.71. The normalized spacial score (nSPS) is 36.0. The molecule has 2 radical (unpaired) electrons. The van der Waals surface area contributed by atoms with E-state index in [1.165, 1.54) is 38.5 Å². The number of halogens is 1. The zero-order valence-electron chi connectivity index (χ0n) is 13.4. The van der Waals surface area contributed by atoms with Gasteiger partial charge in [-0.15, -0.1) is 11.8 Å². The minimum atomic E-state index is 0.00648. The molecule has 1 aliphatic heterocycles. The van der Waals surface area contributed by atoms with Gasteiger partial charge < -0.3 is 0 Å². The molecule has 3 unspecified atom stereocenters. The summed E-state index contributed by atoms with van der Waals surface area (Å²) in [6.45, 7) is 9.48. The smallest absolute Gasteiger partial charge is 0.0890 e. The van der Waals surface area contributed by atoms with Crippen LogP contribution in [0.25, 0.3) is 0 Å². The molecule has 0 spiro atoms. The van der Waals surface area contributed by atoms with Crippen LogP contribution < -0.4 is 0 Å². The molecular weight excluding hydrogens is 374 g/mol. The SMILES string of the molecule is [B]C1(I)CCCCCC2C(C(C)C)=C(C(C)C)SC2C1. The van der Waals surface area contributed by atoms with Gasteiger partial charge in [0.15, 0.2) is 0 Å². The van der Waals surface area contributed by atoms with Crippen molar-refractivity contribution in [2.45, 2.75) is 74.8 Å². The maximum absolute atomic E-state index is 6.57. The highest BCUT2D eigenvalue weighted by molar-refractivity contribution is 14.1. The highest BCUT2D eigenvalue weighted by Gasteiger charge is 2.40. The Bertz CT molecular complexity index is 373. The molecule has 3 atom stereocenters. The van der Waals surface area contributed by atoms with Crippen molar-refractivity contribution in [3.8, 4) is 0 Å². The molecular formula is C17H28BIS. The van der Waals surface area contributed by atoms with E-state index >= 15 is 0 Å². The van der Waals surface area contributed by atoms with Gasteiger partial charge in [0.1, 0.15) is 0 Å². The zero-order chi connectivity index (χ0) is 14.9. The lowest BCUT2D eigenvalue weighted by atomic mass is 9.76. The van der Waals surface area contributed by atoms with E-state index in [1.807, 2.05) is 0 Å². The summed E-state index contributed by atoms with van der Waals surface area (Å²) in [6, 6.07) is 0. The molecule has 1 heterocycles. The van der Waals surface area contributed by atoms with Crippen molar-refractivity contribution in [1.29, 1.82) is 0 Å². The van der Waals surface area contributed by atoms with Gasteiger partial charge in [0.25, 0.3) is 0 Å². The molecule has 0 amide bonds. The first-order valence-electron chi connectivity index (χ1n) is 8.20. The van der Waals surface area contributed by atoms with Crippen LogP contribution in [-0.4, -0.2) is 16.4 Å². The highest BCUT2D eigenvalue weighted by Crippen LogP contribution is 2.53. The molecule has 0 bridgehead atoms. The number of thioether (sulfide) groups is 1. The number of hydrogen-bond acceptors (Lipinski definition) is 1. The molecule has 0 N–H and O–H groups in total. The van der Waals surface area contributed by atoms with Gasteiger partial charge in [-0.25, -0.2) is 0 Å². The summed E-state index contributed by atoms with van der Waals surface area (Å²) in [7, 11) is 6.57. The third kappa shape index (κ3) is 4.00. The van der Waals surface area contributed by atoms with Gasteiger partial charge in [0.2, 0.25) is 0 Å². The Labute approximate surface area is 144 Å². The van der Waals surface area contributed by atoms with Crippen LogP contribution in [0.15, 0.2) is 10.5 Å². The Morgan fingerprint density at radius 2 is 1.85 bits per heavy atom. The van der Waals surface area contributed by atoms with E-state index in [0.717, 1.165) is 11.2 Å². The number of alkyl halides is 1. The second-order valence-corrected chi connectivity index (χ2v) is 10.7. The minimum Gasteiger partial charge on any atom is -0.126 e. The first-order chi connectivity index (χ1) is 9.32. The van der Waals surface area contributed by atoms with Crippen LogP contribution in [-0.2, 0) is 0 Å². The molecule has 0 aromatic heterocycles. The Morgan fingerprint density at radius 1 is 1.15 bits per heavy atom. The van der Waals surface area contributed by atoms with Gasteiger partial charge in [0, 0.05) is 5.25 Å². The zero-order valence-corrected chi connectivity index (χ0v) is 16.4. The van der Waals surface area contributed by atoms with Gasteiger partial charge in [-0.2, -0.15) is 0 Å². The van der Waals surface area contributed by atoms with E-state index in [-0.39, 0.29) is 3.32 Å². The fourth-order valence-corrected chi connectivity index (χ4v) is 6.90. The molecule has 1 aliphatic carbocycles. The molecule has 1 fully saturated rings. The van der Waals surface area contributed by atoms with Gasteiger partial charge in [-0.3, -0.25) is 0 Å². The number of rotatable bonds is 2. The molecule has 2 aliphatic rings. The number of allylic oxidation sites excluding steroid dienone is 2. The maximum Gasteiger partial charge on any atom is 0.0890 e. The van der Waals surface area contributed by atoms with E-state index in [2.05, 4.69) is 62.0 Å². The van der Waals surface area contributed by atoms with Crippen molar-refractivity contribution >= 4 is 42.2 Å². The Morgan fingerprint density at radius 3 is 2.45 bits per heavy atom. The van der Waals surface area contributed by atoms with Crippen molar-refractivity contribution in [2.75, 3.05) is 0 Å². The van der Waals surface area contributed by atoms with Gasteiger partial charge in [-0.05, 0) is 45.2 Å². The molecule has 0 nitrogen and oxygen atoms in total. The quantitative estimate of drug-likeness (QED) is 0.313. The lowest BCUT2D eigenvalue weighted by Gasteiger charge is -2.29. The second kappa shape index (κ2) is 6.98. The molecule has 1 saturated carbocycles. The topological polar surface area (TPSA) is 0 Å². The van der Waals surface area contributed by atoms with Crippen LogP contribution in [0, 0.1) is 17.8 Å². The standard InChI is InChI=1S/C17H28BIS/c1-11(2)15-13-8-6-5-7-9-17(18,19)10-14(13)20-16(15)12(3)4/h11-14H,5-10H2,1-4H3. The average Bonchev–Trinajstić information content (AvgIpc) is 2.68. The highest BCUT2D eigenvalue weighted by atomic mass is 127. The first-order valence-corrected chi connectivity index (χ1v) is 10.2. The van der Waals surface area contributed by atoms with Crippen molar-refractivity contribution < 1.29 is 0 Å². The number of hydrogen-bond donors (Lipinski definition) is 0. The summed E-state index contributed by atoms with van der Waals surface area (Å²) in [6.07, 6.45) is 7.80. The van der Waals surface area contributed by atoms with Crippen LogP contribution in [0.4, 0.5) is 0 Å².